The van der Waals surface area contributed by atoms with E-state index in [2.05, 4.69) is 0 Å². The third-order valence-electron chi connectivity index (χ3n) is 2.67. The topological polar surface area (TPSA) is 59.3 Å². The maximum atomic E-state index is 13.1. The second-order valence-electron chi connectivity index (χ2n) is 3.93. The SMILES string of the molecule is Cc1ccc(C(=O)O)c(=O)n1-c1ccc(F)c(Cl)c1. The number of carboxylic acids is 1. The van der Waals surface area contributed by atoms with Crippen molar-refractivity contribution >= 4 is 17.6 Å². The summed E-state index contributed by atoms with van der Waals surface area (Å²) in [5.74, 6) is -1.92. The number of aromatic nitrogens is 1. The summed E-state index contributed by atoms with van der Waals surface area (Å²) in [7, 11) is 0. The highest BCUT2D eigenvalue weighted by Crippen LogP contribution is 2.19. The van der Waals surface area contributed by atoms with Crippen LogP contribution in [-0.4, -0.2) is 15.6 Å². The van der Waals surface area contributed by atoms with Crippen LogP contribution in [0.2, 0.25) is 5.02 Å². The van der Waals surface area contributed by atoms with Crippen LogP contribution in [0.5, 0.6) is 0 Å². The largest absolute Gasteiger partial charge is 0.477 e. The Kier molecular flexibility index (Phi) is 3.40. The minimum absolute atomic E-state index is 0.135. The van der Waals surface area contributed by atoms with E-state index in [0.717, 1.165) is 6.07 Å². The summed E-state index contributed by atoms with van der Waals surface area (Å²) in [6.07, 6.45) is 0. The van der Waals surface area contributed by atoms with Gasteiger partial charge in [0.15, 0.2) is 0 Å². The number of hydrogen-bond donors (Lipinski definition) is 1. The zero-order chi connectivity index (χ0) is 14.2. The smallest absolute Gasteiger partial charge is 0.341 e. The van der Waals surface area contributed by atoms with Crippen molar-refractivity contribution in [3.05, 3.63) is 62.8 Å². The van der Waals surface area contributed by atoms with Crippen LogP contribution in [-0.2, 0) is 0 Å². The molecule has 0 radical (unpaired) electrons. The Hall–Kier alpha value is -2.14. The lowest BCUT2D eigenvalue weighted by Gasteiger charge is -2.11. The number of aromatic carboxylic acids is 1. The second kappa shape index (κ2) is 4.85. The highest BCUT2D eigenvalue weighted by molar-refractivity contribution is 6.30. The number of halogens is 2. The molecule has 2 aromatic rings. The van der Waals surface area contributed by atoms with E-state index in [-0.39, 0.29) is 10.6 Å². The van der Waals surface area contributed by atoms with Gasteiger partial charge in [-0.3, -0.25) is 9.36 Å². The molecule has 0 unspecified atom stereocenters. The van der Waals surface area contributed by atoms with E-state index in [0.29, 0.717) is 11.4 Å². The van der Waals surface area contributed by atoms with Crippen LogP contribution < -0.4 is 5.56 Å². The maximum Gasteiger partial charge on any atom is 0.341 e. The van der Waals surface area contributed by atoms with Crippen molar-refractivity contribution in [1.29, 1.82) is 0 Å². The van der Waals surface area contributed by atoms with Crippen molar-refractivity contribution in [3.63, 3.8) is 0 Å². The van der Waals surface area contributed by atoms with Gasteiger partial charge in [0.1, 0.15) is 11.4 Å². The van der Waals surface area contributed by atoms with Crippen molar-refractivity contribution in [2.45, 2.75) is 6.92 Å². The molecular weight excluding hydrogens is 273 g/mol. The summed E-state index contributed by atoms with van der Waals surface area (Å²) in [6.45, 7) is 1.64. The van der Waals surface area contributed by atoms with Crippen LogP contribution in [0.1, 0.15) is 16.1 Å². The molecule has 1 heterocycles. The summed E-state index contributed by atoms with van der Waals surface area (Å²) in [6, 6.07) is 6.50. The molecule has 2 rings (SSSR count). The summed E-state index contributed by atoms with van der Waals surface area (Å²) in [5, 5.41) is 8.79. The van der Waals surface area contributed by atoms with Crippen LogP contribution in [0, 0.1) is 12.7 Å². The fourth-order valence-electron chi connectivity index (χ4n) is 1.74. The summed E-state index contributed by atoms with van der Waals surface area (Å²) in [5.41, 5.74) is -0.198. The van der Waals surface area contributed by atoms with E-state index in [4.69, 9.17) is 16.7 Å². The third-order valence-corrected chi connectivity index (χ3v) is 2.96. The molecule has 0 saturated heterocycles. The summed E-state index contributed by atoms with van der Waals surface area (Å²) >= 11 is 5.66. The number of pyridine rings is 1. The van der Waals surface area contributed by atoms with Gasteiger partial charge in [0, 0.05) is 5.69 Å². The van der Waals surface area contributed by atoms with E-state index < -0.39 is 17.3 Å². The minimum atomic E-state index is -1.31. The zero-order valence-corrected chi connectivity index (χ0v) is 10.6. The van der Waals surface area contributed by atoms with Crippen molar-refractivity contribution < 1.29 is 14.3 Å². The van der Waals surface area contributed by atoms with Gasteiger partial charge < -0.3 is 5.11 Å². The molecule has 0 amide bonds. The third kappa shape index (κ3) is 2.37. The zero-order valence-electron chi connectivity index (χ0n) is 9.85. The van der Waals surface area contributed by atoms with Crippen molar-refractivity contribution in [3.8, 4) is 5.69 Å². The first kappa shape index (κ1) is 13.3. The molecule has 1 aromatic heterocycles. The normalized spacial score (nSPS) is 10.5. The first-order chi connectivity index (χ1) is 8.91. The lowest BCUT2D eigenvalue weighted by Crippen LogP contribution is -2.26. The van der Waals surface area contributed by atoms with Crippen LogP contribution >= 0.6 is 11.6 Å². The van der Waals surface area contributed by atoms with Gasteiger partial charge in [0.25, 0.3) is 5.56 Å². The Morgan fingerprint density at radius 3 is 2.58 bits per heavy atom. The average molecular weight is 282 g/mol. The number of rotatable bonds is 2. The van der Waals surface area contributed by atoms with Crippen molar-refractivity contribution in [1.82, 2.24) is 4.57 Å². The summed E-state index contributed by atoms with van der Waals surface area (Å²) in [4.78, 5) is 23.0. The van der Waals surface area contributed by atoms with E-state index in [1.807, 2.05) is 0 Å². The molecule has 1 N–H and O–H groups in total. The molecule has 0 atom stereocenters. The van der Waals surface area contributed by atoms with Crippen LogP contribution in [0.15, 0.2) is 35.1 Å². The van der Waals surface area contributed by atoms with E-state index in [1.165, 1.54) is 28.8 Å². The lowest BCUT2D eigenvalue weighted by molar-refractivity contribution is 0.0694. The first-order valence-electron chi connectivity index (χ1n) is 5.33. The monoisotopic (exact) mass is 281 g/mol. The highest BCUT2D eigenvalue weighted by atomic mass is 35.5. The molecule has 1 aromatic carbocycles. The van der Waals surface area contributed by atoms with E-state index >= 15 is 0 Å². The lowest BCUT2D eigenvalue weighted by atomic mass is 10.2. The Morgan fingerprint density at radius 1 is 1.32 bits per heavy atom. The van der Waals surface area contributed by atoms with Gasteiger partial charge in [-0.1, -0.05) is 11.6 Å². The number of carbonyl (C=O) groups is 1. The molecular formula is C13H9ClFNO3. The highest BCUT2D eigenvalue weighted by Gasteiger charge is 2.14. The van der Waals surface area contributed by atoms with E-state index in [1.54, 1.807) is 6.92 Å². The Balaban J connectivity index is 2.74. The molecule has 4 nitrogen and oxygen atoms in total. The van der Waals surface area contributed by atoms with Crippen LogP contribution in [0.4, 0.5) is 4.39 Å². The minimum Gasteiger partial charge on any atom is -0.477 e. The fraction of sp³-hybridized carbons (Fsp3) is 0.0769. The molecule has 0 spiro atoms. The molecule has 0 aliphatic heterocycles. The van der Waals surface area contributed by atoms with Gasteiger partial charge in [-0.2, -0.15) is 0 Å². The number of benzene rings is 1. The molecule has 0 fully saturated rings. The number of nitrogens with zero attached hydrogens (tertiary/aromatic N) is 1. The average Bonchev–Trinajstić information content (AvgIpc) is 2.33. The van der Waals surface area contributed by atoms with E-state index in [9.17, 15) is 14.0 Å². The number of carboxylic acid groups (broad SMARTS) is 1. The molecule has 0 saturated carbocycles. The molecule has 19 heavy (non-hydrogen) atoms. The molecule has 0 aliphatic carbocycles. The predicted molar refractivity (Wildman–Crippen MR) is 68.7 cm³/mol. The Bertz CT molecular complexity index is 724. The van der Waals surface area contributed by atoms with Gasteiger partial charge in [-0.15, -0.1) is 0 Å². The predicted octanol–water partition coefficient (Wildman–Crippen LogP) is 2.64. The molecule has 0 bridgehead atoms. The van der Waals surface area contributed by atoms with Gasteiger partial charge in [-0.05, 0) is 37.3 Å². The van der Waals surface area contributed by atoms with Gasteiger partial charge in [0.05, 0.1) is 10.7 Å². The van der Waals surface area contributed by atoms with Crippen molar-refractivity contribution in [2.24, 2.45) is 0 Å². The van der Waals surface area contributed by atoms with Crippen LogP contribution in [0.3, 0.4) is 0 Å². The fourth-order valence-corrected chi connectivity index (χ4v) is 1.91. The molecule has 0 aliphatic rings. The Morgan fingerprint density at radius 2 is 2.00 bits per heavy atom. The van der Waals surface area contributed by atoms with Gasteiger partial charge in [0.2, 0.25) is 0 Å². The first-order valence-corrected chi connectivity index (χ1v) is 5.71. The number of aryl methyl sites for hydroxylation is 1. The quantitative estimate of drug-likeness (QED) is 0.920. The molecule has 6 heteroatoms. The summed E-state index contributed by atoms with van der Waals surface area (Å²) < 4.78 is 14.3. The number of hydrogen-bond acceptors (Lipinski definition) is 2. The second-order valence-corrected chi connectivity index (χ2v) is 4.34. The Labute approximate surface area is 112 Å². The van der Waals surface area contributed by atoms with Gasteiger partial charge >= 0.3 is 5.97 Å². The standard InChI is InChI=1S/C13H9ClFNO3/c1-7-2-4-9(13(18)19)12(17)16(7)8-3-5-11(15)10(14)6-8/h2-6H,1H3,(H,18,19). The molecule has 98 valence electrons. The van der Waals surface area contributed by atoms with Crippen LogP contribution in [0.25, 0.3) is 5.69 Å². The van der Waals surface area contributed by atoms with Crippen molar-refractivity contribution in [2.75, 3.05) is 0 Å². The van der Waals surface area contributed by atoms with Gasteiger partial charge in [-0.25, -0.2) is 9.18 Å². The maximum absolute atomic E-state index is 13.1.